The smallest absolute Gasteiger partial charge is 0.409 e. The Labute approximate surface area is 335 Å². The first-order valence-corrected chi connectivity index (χ1v) is 19.8. The van der Waals surface area contributed by atoms with Crippen LogP contribution in [-0.2, 0) is 19.1 Å². The van der Waals surface area contributed by atoms with Gasteiger partial charge in [-0.05, 0) is 61.8 Å². The van der Waals surface area contributed by atoms with Gasteiger partial charge in [0, 0.05) is 53.1 Å². The summed E-state index contributed by atoms with van der Waals surface area (Å²) in [6.07, 6.45) is 5.25. The summed E-state index contributed by atoms with van der Waals surface area (Å²) in [6.45, 7) is 8.66. The summed E-state index contributed by atoms with van der Waals surface area (Å²) in [6, 6.07) is 9.27. The number of aromatic nitrogens is 5. The summed E-state index contributed by atoms with van der Waals surface area (Å²) in [7, 11) is 4.15. The number of nitrogens with zero attached hydrogens (tertiary/aromatic N) is 5. The van der Waals surface area contributed by atoms with Crippen molar-refractivity contribution in [3.05, 3.63) is 70.7 Å². The maximum absolute atomic E-state index is 14.1. The highest BCUT2D eigenvalue weighted by atomic mass is 16.5. The number of hydrogen-bond acceptors (Lipinski definition) is 9. The zero-order valence-corrected chi connectivity index (χ0v) is 33.9. The summed E-state index contributed by atoms with van der Waals surface area (Å²) >= 11 is 0. The Hall–Kier alpha value is -6.19. The van der Waals surface area contributed by atoms with Crippen LogP contribution in [0.2, 0.25) is 0 Å². The monoisotopic (exact) mass is 793 g/mol. The van der Waals surface area contributed by atoms with E-state index in [2.05, 4.69) is 30.2 Å². The number of carbonyl (C=O) groups is 4. The predicted molar refractivity (Wildman–Crippen MR) is 218 cm³/mol. The minimum atomic E-state index is -0.737. The number of pyridine rings is 1. The molecular formula is C42H51N9O7. The Balaban J connectivity index is 1.13. The number of ether oxygens (including phenoxy) is 2. The molecule has 0 unspecified atom stereocenters. The van der Waals surface area contributed by atoms with Gasteiger partial charge in [-0.2, -0.15) is 0 Å². The zero-order chi connectivity index (χ0) is 41.4. The van der Waals surface area contributed by atoms with Crippen LogP contribution < -0.4 is 10.7 Å². The van der Waals surface area contributed by atoms with Crippen LogP contribution in [-0.4, -0.2) is 110 Å². The largest absolute Gasteiger partial charge is 0.453 e. The lowest BCUT2D eigenvalue weighted by atomic mass is 10.0. The number of H-pyrrole nitrogens is 3. The molecule has 0 bridgehead atoms. The van der Waals surface area contributed by atoms with Crippen molar-refractivity contribution in [3.63, 3.8) is 0 Å². The van der Waals surface area contributed by atoms with E-state index < -0.39 is 24.3 Å². The van der Waals surface area contributed by atoms with Gasteiger partial charge in [0.25, 0.3) is 0 Å². The minimum Gasteiger partial charge on any atom is -0.453 e. The van der Waals surface area contributed by atoms with Crippen molar-refractivity contribution in [2.45, 2.75) is 77.5 Å². The number of hydrogen-bond donors (Lipinski definition) is 4. The third-order valence-electron chi connectivity index (χ3n) is 11.5. The van der Waals surface area contributed by atoms with Crippen molar-refractivity contribution in [1.82, 2.24) is 44.9 Å². The topological polar surface area (TPSA) is 199 Å². The van der Waals surface area contributed by atoms with Gasteiger partial charge in [0.2, 0.25) is 11.8 Å². The lowest BCUT2D eigenvalue weighted by Gasteiger charge is -2.34. The second-order valence-corrected chi connectivity index (χ2v) is 15.8. The van der Waals surface area contributed by atoms with Gasteiger partial charge >= 0.3 is 12.2 Å². The number of benzene rings is 2. The first kappa shape index (κ1) is 40.0. The molecule has 306 valence electrons. The van der Waals surface area contributed by atoms with Gasteiger partial charge in [0.15, 0.2) is 5.43 Å². The lowest BCUT2D eigenvalue weighted by Crippen LogP contribution is -2.51. The quantitative estimate of drug-likeness (QED) is 0.125. The number of fused-ring (bicyclic) bond motifs is 2. The average Bonchev–Trinajstić information content (AvgIpc) is 4.06. The number of likely N-dealkylation sites (tertiary alicyclic amines) is 2. The van der Waals surface area contributed by atoms with Crippen LogP contribution in [0.5, 0.6) is 0 Å². The fraction of sp³-hybridized carbons (Fsp3) is 0.452. The number of alkyl carbamates (subject to hydrolysis) is 1. The van der Waals surface area contributed by atoms with Gasteiger partial charge in [-0.1, -0.05) is 39.8 Å². The van der Waals surface area contributed by atoms with E-state index in [0.29, 0.717) is 57.9 Å². The van der Waals surface area contributed by atoms with Crippen molar-refractivity contribution in [3.8, 4) is 22.5 Å². The molecule has 2 fully saturated rings. The minimum absolute atomic E-state index is 0.133. The van der Waals surface area contributed by atoms with E-state index in [0.717, 1.165) is 36.8 Å². The van der Waals surface area contributed by atoms with Gasteiger partial charge in [0.05, 0.1) is 50.1 Å². The summed E-state index contributed by atoms with van der Waals surface area (Å²) in [4.78, 5) is 90.5. The summed E-state index contributed by atoms with van der Waals surface area (Å²) < 4.78 is 9.66. The normalized spacial score (nSPS) is 17.9. The van der Waals surface area contributed by atoms with Crippen LogP contribution in [0.25, 0.3) is 44.3 Å². The van der Waals surface area contributed by atoms with Gasteiger partial charge in [-0.25, -0.2) is 19.6 Å². The second kappa shape index (κ2) is 16.3. The molecule has 0 radical (unpaired) electrons. The molecular weight excluding hydrogens is 743 g/mol. The van der Waals surface area contributed by atoms with Crippen LogP contribution in [0, 0.1) is 11.8 Å². The third kappa shape index (κ3) is 7.50. The maximum atomic E-state index is 14.1. The number of carbonyl (C=O) groups excluding carboxylic acids is 4. The SMILES string of the molecule is COC(=O)N[C@H](C(=O)N1CCC[C@H]1c1ncc(-c2ccc3[nH]c4ccc(-c5cnc([C@@H]6CCCN6C(=O)[C@H](C(C)C)N(C)C(=O)OC)[nH]5)cc4c(=O)c3c2)[nH]1)C(C)C. The van der Waals surface area contributed by atoms with Gasteiger partial charge in [-0.3, -0.25) is 19.3 Å². The Morgan fingerprint density at radius 2 is 1.28 bits per heavy atom. The molecule has 5 heterocycles. The predicted octanol–water partition coefficient (Wildman–Crippen LogP) is 5.89. The second-order valence-electron chi connectivity index (χ2n) is 15.8. The van der Waals surface area contributed by atoms with Crippen LogP contribution in [0.1, 0.15) is 77.1 Å². The molecule has 0 aliphatic carbocycles. The molecule has 4 atom stereocenters. The fourth-order valence-electron chi connectivity index (χ4n) is 8.45. The summed E-state index contributed by atoms with van der Waals surface area (Å²) in [5, 5.41) is 3.69. The average molecular weight is 794 g/mol. The number of aromatic amines is 3. The van der Waals surface area contributed by atoms with E-state index in [1.54, 1.807) is 29.2 Å². The van der Waals surface area contributed by atoms with Crippen molar-refractivity contribution < 1.29 is 28.7 Å². The van der Waals surface area contributed by atoms with Crippen molar-refractivity contribution in [2.24, 2.45) is 11.8 Å². The first-order valence-electron chi connectivity index (χ1n) is 19.8. The summed E-state index contributed by atoms with van der Waals surface area (Å²) in [5.41, 5.74) is 4.18. The molecule has 16 heteroatoms. The number of nitrogens with one attached hydrogen (secondary N) is 4. The number of imidazole rings is 2. The highest BCUT2D eigenvalue weighted by molar-refractivity contribution is 5.96. The van der Waals surface area contributed by atoms with E-state index in [9.17, 15) is 24.0 Å². The third-order valence-corrected chi connectivity index (χ3v) is 11.5. The number of methoxy groups -OCH3 is 2. The molecule has 5 aromatic rings. The van der Waals surface area contributed by atoms with Crippen molar-refractivity contribution in [2.75, 3.05) is 34.4 Å². The van der Waals surface area contributed by atoms with E-state index in [-0.39, 0.29) is 41.2 Å². The van der Waals surface area contributed by atoms with Crippen LogP contribution in [0.4, 0.5) is 9.59 Å². The maximum Gasteiger partial charge on any atom is 0.409 e. The molecule has 2 aliphatic rings. The molecule has 2 aliphatic heterocycles. The molecule has 7 rings (SSSR count). The van der Waals surface area contributed by atoms with Gasteiger partial charge in [-0.15, -0.1) is 0 Å². The number of rotatable bonds is 10. The molecule has 2 aromatic carbocycles. The molecule has 0 spiro atoms. The standard InChI is InChI=1S/C42H51N9O7/c1-22(2)34(48-41(55)57-6)39(53)50-16-8-10-32(50)37-43-20-30(46-37)24-12-14-28-26(18-24)36(52)27-19-25(13-15-29(27)45-28)31-21-44-38(47-31)33-11-9-17-51(33)40(54)35(23(3)4)49(5)42(56)58-7/h12-15,18-23,32-35H,8-11,16-17H2,1-7H3,(H,43,46)(H,44,47)(H,45,52)(H,48,55)/t32-,33-,34-,35-/m0/s1. The number of amides is 4. The van der Waals surface area contributed by atoms with E-state index in [1.165, 1.54) is 19.1 Å². The van der Waals surface area contributed by atoms with E-state index >= 15 is 0 Å². The molecule has 3 aromatic heterocycles. The first-order chi connectivity index (χ1) is 27.8. The molecule has 58 heavy (non-hydrogen) atoms. The lowest BCUT2D eigenvalue weighted by molar-refractivity contribution is -0.138. The summed E-state index contributed by atoms with van der Waals surface area (Å²) in [5.74, 6) is 0.655. The Morgan fingerprint density at radius 1 is 0.759 bits per heavy atom. The number of likely N-dealkylation sites (N-methyl/N-ethyl adjacent to an activating group) is 1. The van der Waals surface area contributed by atoms with Crippen LogP contribution in [0.15, 0.2) is 53.6 Å². The molecule has 4 N–H and O–H groups in total. The molecule has 4 amide bonds. The van der Waals surface area contributed by atoms with Crippen LogP contribution in [0.3, 0.4) is 0 Å². The Kier molecular flexibility index (Phi) is 11.3. The Morgan fingerprint density at radius 3 is 1.74 bits per heavy atom. The van der Waals surface area contributed by atoms with E-state index in [1.807, 2.05) is 64.1 Å². The Bertz CT molecular complexity index is 2420. The van der Waals surface area contributed by atoms with Crippen molar-refractivity contribution in [1.29, 1.82) is 0 Å². The van der Waals surface area contributed by atoms with Gasteiger partial charge < -0.3 is 39.5 Å². The molecule has 0 saturated carbocycles. The highest BCUT2D eigenvalue weighted by Crippen LogP contribution is 2.35. The zero-order valence-electron chi connectivity index (χ0n) is 33.9. The van der Waals surface area contributed by atoms with Gasteiger partial charge in [0.1, 0.15) is 23.7 Å². The molecule has 16 nitrogen and oxygen atoms in total. The highest BCUT2D eigenvalue weighted by Gasteiger charge is 2.40. The fourth-order valence-corrected chi connectivity index (χ4v) is 8.45. The van der Waals surface area contributed by atoms with E-state index in [4.69, 9.17) is 9.47 Å². The molecule has 2 saturated heterocycles. The van der Waals surface area contributed by atoms with Crippen molar-refractivity contribution >= 4 is 45.8 Å². The van der Waals surface area contributed by atoms with Crippen LogP contribution >= 0.6 is 0 Å².